The Morgan fingerprint density at radius 2 is 2.25 bits per heavy atom. The van der Waals surface area contributed by atoms with E-state index in [-0.39, 0.29) is 0 Å². The molecule has 1 radical (unpaired) electrons. The van der Waals surface area contributed by atoms with Gasteiger partial charge in [-0.3, -0.25) is 0 Å². The van der Waals surface area contributed by atoms with Gasteiger partial charge in [0.2, 0.25) is 0 Å². The quantitative estimate of drug-likeness (QED) is 0.491. The third kappa shape index (κ3) is 2.38. The van der Waals surface area contributed by atoms with E-state index in [0.29, 0.717) is 17.8 Å². The van der Waals surface area contributed by atoms with E-state index < -0.39 is 0 Å². The zero-order chi connectivity index (χ0) is 8.97. The summed E-state index contributed by atoms with van der Waals surface area (Å²) in [5.74, 6) is 1.32. The molecule has 0 fully saturated rings. The van der Waals surface area contributed by atoms with Gasteiger partial charge in [0, 0.05) is 6.04 Å². The second-order valence-electron chi connectivity index (χ2n) is 3.80. The number of rotatable bonds is 2. The Labute approximate surface area is 76.7 Å². The molecule has 1 aliphatic carbocycles. The van der Waals surface area contributed by atoms with Crippen LogP contribution in [0, 0.1) is 5.92 Å². The molecule has 3 unspecified atom stereocenters. The summed E-state index contributed by atoms with van der Waals surface area (Å²) in [6.07, 6.45) is 8.03. The zero-order valence-electron chi connectivity index (χ0n) is 8.16. The predicted octanol–water partition coefficient (Wildman–Crippen LogP) is 2.23. The van der Waals surface area contributed by atoms with Gasteiger partial charge in [-0.25, -0.2) is 0 Å². The first-order chi connectivity index (χ1) is 5.75. The molecule has 0 heterocycles. The predicted molar refractivity (Wildman–Crippen MR) is 55.5 cm³/mol. The van der Waals surface area contributed by atoms with Gasteiger partial charge in [-0.2, -0.15) is 0 Å². The van der Waals surface area contributed by atoms with Crippen molar-refractivity contribution in [2.24, 2.45) is 11.7 Å². The standard InChI is InChI=1S/C10H19BN/c1-8(11-2)9-6-4-3-5-7-10(9)12/h3-4,8-10H,5-7,12H2,1-2H3. The van der Waals surface area contributed by atoms with Crippen LogP contribution >= 0.6 is 0 Å². The number of nitrogens with two attached hydrogens (primary N) is 1. The van der Waals surface area contributed by atoms with Crippen molar-refractivity contribution in [3.63, 3.8) is 0 Å². The third-order valence-electron chi connectivity index (χ3n) is 2.99. The molecule has 0 spiro atoms. The first kappa shape index (κ1) is 9.85. The van der Waals surface area contributed by atoms with Crippen LogP contribution in [0.3, 0.4) is 0 Å². The lowest BCUT2D eigenvalue weighted by atomic mass is 9.60. The van der Waals surface area contributed by atoms with Crippen molar-refractivity contribution < 1.29 is 0 Å². The van der Waals surface area contributed by atoms with Crippen molar-refractivity contribution in [2.45, 2.75) is 44.9 Å². The number of allylic oxidation sites excluding steroid dienone is 2. The molecule has 0 aromatic heterocycles. The smallest absolute Gasteiger partial charge is 0.110 e. The van der Waals surface area contributed by atoms with Gasteiger partial charge in [0.25, 0.3) is 0 Å². The van der Waals surface area contributed by atoms with Crippen molar-refractivity contribution in [3.8, 4) is 0 Å². The molecule has 0 saturated heterocycles. The summed E-state index contributed by atoms with van der Waals surface area (Å²) < 4.78 is 0. The highest BCUT2D eigenvalue weighted by Crippen LogP contribution is 2.27. The molecule has 0 amide bonds. The molecule has 0 aromatic carbocycles. The van der Waals surface area contributed by atoms with Crippen LogP contribution in [-0.2, 0) is 0 Å². The van der Waals surface area contributed by atoms with Gasteiger partial charge >= 0.3 is 0 Å². The number of hydrogen-bond donors (Lipinski definition) is 1. The average Bonchev–Trinajstić information content (AvgIpc) is 2.28. The van der Waals surface area contributed by atoms with E-state index in [1.54, 1.807) is 0 Å². The summed E-state index contributed by atoms with van der Waals surface area (Å²) in [5, 5.41) is 0. The Kier molecular flexibility index (Phi) is 3.86. The molecule has 2 N–H and O–H groups in total. The molecule has 1 rings (SSSR count). The summed E-state index contributed by atoms with van der Waals surface area (Å²) >= 11 is 0. The third-order valence-corrected chi connectivity index (χ3v) is 2.99. The fourth-order valence-electron chi connectivity index (χ4n) is 1.90. The zero-order valence-corrected chi connectivity index (χ0v) is 8.16. The molecular formula is C10H19BN. The lowest BCUT2D eigenvalue weighted by Crippen LogP contribution is -2.32. The normalized spacial score (nSPS) is 32.6. The minimum Gasteiger partial charge on any atom is -0.327 e. The van der Waals surface area contributed by atoms with Gasteiger partial charge in [0.05, 0.1) is 0 Å². The Morgan fingerprint density at radius 3 is 2.92 bits per heavy atom. The van der Waals surface area contributed by atoms with Gasteiger partial charge in [-0.15, -0.1) is 0 Å². The molecule has 0 aliphatic heterocycles. The van der Waals surface area contributed by atoms with Gasteiger partial charge in [0.15, 0.2) is 0 Å². The Morgan fingerprint density at radius 1 is 1.50 bits per heavy atom. The van der Waals surface area contributed by atoms with Crippen LogP contribution in [-0.4, -0.2) is 13.3 Å². The lowest BCUT2D eigenvalue weighted by molar-refractivity contribution is 0.401. The van der Waals surface area contributed by atoms with Crippen molar-refractivity contribution in [3.05, 3.63) is 12.2 Å². The van der Waals surface area contributed by atoms with E-state index in [2.05, 4.69) is 33.2 Å². The minimum atomic E-state index is 0.395. The van der Waals surface area contributed by atoms with Crippen LogP contribution in [0.5, 0.6) is 0 Å². The Bertz CT molecular complexity index is 156. The van der Waals surface area contributed by atoms with Crippen LogP contribution in [0.25, 0.3) is 0 Å². The maximum absolute atomic E-state index is 6.10. The summed E-state index contributed by atoms with van der Waals surface area (Å²) in [6, 6.07) is 0.395. The fraction of sp³-hybridized carbons (Fsp3) is 0.800. The van der Waals surface area contributed by atoms with Gasteiger partial charge in [-0.1, -0.05) is 31.7 Å². The topological polar surface area (TPSA) is 26.0 Å². The van der Waals surface area contributed by atoms with Crippen LogP contribution in [0.1, 0.15) is 26.2 Å². The Balaban J connectivity index is 2.53. The van der Waals surface area contributed by atoms with E-state index >= 15 is 0 Å². The van der Waals surface area contributed by atoms with E-state index in [9.17, 15) is 0 Å². The van der Waals surface area contributed by atoms with Crippen molar-refractivity contribution in [1.82, 2.24) is 0 Å². The van der Waals surface area contributed by atoms with E-state index in [0.717, 1.165) is 19.3 Å². The van der Waals surface area contributed by atoms with Gasteiger partial charge < -0.3 is 5.73 Å². The molecule has 2 heteroatoms. The summed E-state index contributed by atoms with van der Waals surface area (Å²) in [7, 11) is 2.27. The lowest BCUT2D eigenvalue weighted by Gasteiger charge is -2.26. The van der Waals surface area contributed by atoms with Crippen LogP contribution in [0.2, 0.25) is 12.6 Å². The molecule has 12 heavy (non-hydrogen) atoms. The van der Waals surface area contributed by atoms with E-state index in [4.69, 9.17) is 5.73 Å². The van der Waals surface area contributed by atoms with Crippen LogP contribution < -0.4 is 5.73 Å². The molecular weight excluding hydrogens is 145 g/mol. The SMILES string of the molecule is C[B]C(C)C1CC=CCCC1N. The average molecular weight is 164 g/mol. The summed E-state index contributed by atoms with van der Waals surface area (Å²) in [4.78, 5) is 0. The highest BCUT2D eigenvalue weighted by molar-refractivity contribution is 6.35. The maximum Gasteiger partial charge on any atom is 0.110 e. The second kappa shape index (κ2) is 4.71. The van der Waals surface area contributed by atoms with Crippen LogP contribution in [0.15, 0.2) is 12.2 Å². The summed E-state index contributed by atoms with van der Waals surface area (Å²) in [5.41, 5.74) is 6.10. The largest absolute Gasteiger partial charge is 0.327 e. The highest BCUT2D eigenvalue weighted by atomic mass is 14.6. The highest BCUT2D eigenvalue weighted by Gasteiger charge is 2.22. The van der Waals surface area contributed by atoms with Crippen molar-refractivity contribution in [1.29, 1.82) is 0 Å². The number of hydrogen-bond acceptors (Lipinski definition) is 1. The molecule has 1 nitrogen and oxygen atoms in total. The molecule has 0 saturated carbocycles. The molecule has 1 aliphatic rings. The molecule has 0 aromatic rings. The van der Waals surface area contributed by atoms with Gasteiger partial charge in [0.1, 0.15) is 7.28 Å². The van der Waals surface area contributed by atoms with Crippen molar-refractivity contribution in [2.75, 3.05) is 0 Å². The first-order valence-corrected chi connectivity index (χ1v) is 4.95. The van der Waals surface area contributed by atoms with Gasteiger partial charge in [-0.05, 0) is 25.2 Å². The summed E-state index contributed by atoms with van der Waals surface area (Å²) in [6.45, 7) is 4.40. The molecule has 3 atom stereocenters. The maximum atomic E-state index is 6.10. The minimum absolute atomic E-state index is 0.395. The molecule has 0 bridgehead atoms. The van der Waals surface area contributed by atoms with E-state index in [1.165, 1.54) is 0 Å². The second-order valence-corrected chi connectivity index (χ2v) is 3.80. The molecule has 67 valence electrons. The first-order valence-electron chi connectivity index (χ1n) is 4.95. The monoisotopic (exact) mass is 164 g/mol. The fourth-order valence-corrected chi connectivity index (χ4v) is 1.90. The van der Waals surface area contributed by atoms with Crippen molar-refractivity contribution >= 4 is 7.28 Å². The van der Waals surface area contributed by atoms with Crippen LogP contribution in [0.4, 0.5) is 0 Å². The Hall–Kier alpha value is -0.235. The van der Waals surface area contributed by atoms with E-state index in [1.807, 2.05) is 0 Å².